The zero-order chi connectivity index (χ0) is 24.7. The van der Waals surface area contributed by atoms with Gasteiger partial charge in [0.25, 0.3) is 5.91 Å². The summed E-state index contributed by atoms with van der Waals surface area (Å²) in [5.74, 6) is 0.238. The van der Waals surface area contributed by atoms with Crippen LogP contribution in [0.1, 0.15) is 39.2 Å². The van der Waals surface area contributed by atoms with E-state index in [9.17, 15) is 14.7 Å². The first-order chi connectivity index (χ1) is 16.3. The van der Waals surface area contributed by atoms with E-state index >= 15 is 0 Å². The lowest BCUT2D eigenvalue weighted by molar-refractivity contribution is -0.127. The third kappa shape index (κ3) is 6.40. The molecule has 2 amide bonds. The molecular formula is C25H32N6O3. The number of phenols is 1. The molecule has 0 aliphatic carbocycles. The summed E-state index contributed by atoms with van der Waals surface area (Å²) in [7, 11) is 0. The third-order valence-corrected chi connectivity index (χ3v) is 5.44. The second kappa shape index (κ2) is 11.4. The topological polar surface area (TPSA) is 113 Å². The molecule has 2 aromatic carbocycles. The van der Waals surface area contributed by atoms with Crippen LogP contribution in [-0.2, 0) is 16.1 Å². The van der Waals surface area contributed by atoms with Gasteiger partial charge in [-0.2, -0.15) is 4.80 Å². The summed E-state index contributed by atoms with van der Waals surface area (Å²) in [6.07, 6.45) is 1.24. The Balaban J connectivity index is 1.83. The molecule has 0 spiro atoms. The lowest BCUT2D eigenvalue weighted by atomic mass is 10.1. The molecule has 3 rings (SSSR count). The highest BCUT2D eigenvalue weighted by molar-refractivity contribution is 6.00. The van der Waals surface area contributed by atoms with Crippen LogP contribution in [0, 0.1) is 12.8 Å². The van der Waals surface area contributed by atoms with E-state index in [-0.39, 0.29) is 24.1 Å². The smallest absolute Gasteiger partial charge is 0.251 e. The van der Waals surface area contributed by atoms with Crippen molar-refractivity contribution in [1.29, 1.82) is 0 Å². The van der Waals surface area contributed by atoms with E-state index in [0.717, 1.165) is 17.5 Å². The van der Waals surface area contributed by atoms with Crippen molar-refractivity contribution in [2.45, 2.75) is 53.1 Å². The van der Waals surface area contributed by atoms with Crippen LogP contribution in [0.4, 0.5) is 5.69 Å². The number of hydrogen-bond donors (Lipinski definition) is 2. The van der Waals surface area contributed by atoms with Crippen LogP contribution in [-0.4, -0.2) is 49.7 Å². The van der Waals surface area contributed by atoms with Crippen molar-refractivity contribution in [3.63, 3.8) is 0 Å². The Morgan fingerprint density at radius 1 is 1.15 bits per heavy atom. The summed E-state index contributed by atoms with van der Waals surface area (Å²) in [6.45, 7) is 8.33. The Bertz CT molecular complexity index is 1110. The number of rotatable bonds is 10. The number of benzene rings is 2. The quantitative estimate of drug-likeness (QED) is 0.476. The highest BCUT2D eigenvalue weighted by atomic mass is 16.3. The molecule has 9 heteroatoms. The Kier molecular flexibility index (Phi) is 8.34. The molecule has 3 aromatic rings. The maximum Gasteiger partial charge on any atom is 0.251 e. The fourth-order valence-corrected chi connectivity index (χ4v) is 3.55. The van der Waals surface area contributed by atoms with Gasteiger partial charge in [-0.25, -0.2) is 0 Å². The summed E-state index contributed by atoms with van der Waals surface area (Å²) in [6, 6.07) is 13.3. The van der Waals surface area contributed by atoms with Gasteiger partial charge in [0, 0.05) is 23.9 Å². The van der Waals surface area contributed by atoms with Crippen molar-refractivity contribution in [1.82, 2.24) is 25.5 Å². The van der Waals surface area contributed by atoms with Gasteiger partial charge < -0.3 is 10.4 Å². The number of nitrogens with zero attached hydrogens (tertiary/aromatic N) is 5. The predicted molar refractivity (Wildman–Crippen MR) is 130 cm³/mol. The molecule has 0 radical (unpaired) electrons. The Hall–Kier alpha value is -3.75. The molecular weight excluding hydrogens is 432 g/mol. The molecule has 0 aliphatic rings. The van der Waals surface area contributed by atoms with Crippen LogP contribution in [0.2, 0.25) is 0 Å². The highest BCUT2D eigenvalue weighted by Gasteiger charge is 2.30. The Labute approximate surface area is 199 Å². The molecule has 0 bridgehead atoms. The second-order valence-corrected chi connectivity index (χ2v) is 8.69. The van der Waals surface area contributed by atoms with E-state index in [1.54, 1.807) is 12.1 Å². The molecule has 34 heavy (non-hydrogen) atoms. The summed E-state index contributed by atoms with van der Waals surface area (Å²) < 4.78 is 0. The minimum absolute atomic E-state index is 0.00547. The van der Waals surface area contributed by atoms with Crippen LogP contribution in [0.5, 0.6) is 5.75 Å². The second-order valence-electron chi connectivity index (χ2n) is 8.69. The molecule has 0 saturated heterocycles. The highest BCUT2D eigenvalue weighted by Crippen LogP contribution is 2.24. The monoisotopic (exact) mass is 464 g/mol. The average molecular weight is 465 g/mol. The lowest BCUT2D eigenvalue weighted by Crippen LogP contribution is -2.51. The molecule has 0 saturated carbocycles. The predicted octanol–water partition coefficient (Wildman–Crippen LogP) is 3.33. The van der Waals surface area contributed by atoms with Gasteiger partial charge >= 0.3 is 0 Å². The molecule has 180 valence electrons. The summed E-state index contributed by atoms with van der Waals surface area (Å²) in [4.78, 5) is 29.1. The van der Waals surface area contributed by atoms with E-state index in [4.69, 9.17) is 0 Å². The van der Waals surface area contributed by atoms with E-state index in [1.165, 1.54) is 21.8 Å². The normalized spacial score (nSPS) is 11.9. The van der Waals surface area contributed by atoms with E-state index < -0.39 is 6.04 Å². The molecule has 2 N–H and O–H groups in total. The minimum atomic E-state index is -0.749. The van der Waals surface area contributed by atoms with Gasteiger partial charge in [-0.3, -0.25) is 14.5 Å². The molecule has 1 heterocycles. The minimum Gasteiger partial charge on any atom is -0.508 e. The van der Waals surface area contributed by atoms with Crippen molar-refractivity contribution in [2.24, 2.45) is 5.92 Å². The maximum absolute atomic E-state index is 13.4. The number of carbonyl (C=O) groups excluding carboxylic acids is 2. The van der Waals surface area contributed by atoms with Crippen molar-refractivity contribution in [3.05, 3.63) is 54.1 Å². The number of aryl methyl sites for hydroxylation is 1. The third-order valence-electron chi connectivity index (χ3n) is 5.44. The first-order valence-corrected chi connectivity index (χ1v) is 11.5. The largest absolute Gasteiger partial charge is 0.508 e. The first kappa shape index (κ1) is 24.9. The number of carbonyl (C=O) groups is 2. The number of nitrogens with one attached hydrogen (secondary N) is 1. The van der Waals surface area contributed by atoms with Crippen molar-refractivity contribution in [3.8, 4) is 17.1 Å². The zero-order valence-corrected chi connectivity index (χ0v) is 20.1. The summed E-state index contributed by atoms with van der Waals surface area (Å²) >= 11 is 0. The van der Waals surface area contributed by atoms with Gasteiger partial charge in [0.1, 0.15) is 18.3 Å². The van der Waals surface area contributed by atoms with Gasteiger partial charge in [-0.15, -0.1) is 10.2 Å². The summed E-state index contributed by atoms with van der Waals surface area (Å²) in [5, 5.41) is 25.4. The Morgan fingerprint density at radius 2 is 1.88 bits per heavy atom. The molecule has 9 nitrogen and oxygen atoms in total. The number of amides is 2. The number of anilines is 1. The number of hydrogen-bond acceptors (Lipinski definition) is 6. The van der Waals surface area contributed by atoms with Gasteiger partial charge in [0.15, 0.2) is 0 Å². The van der Waals surface area contributed by atoms with Gasteiger partial charge in [0.2, 0.25) is 11.7 Å². The van der Waals surface area contributed by atoms with Gasteiger partial charge in [0.05, 0.1) is 0 Å². The number of phenolic OH excluding ortho intramolecular Hbond substituents is 1. The van der Waals surface area contributed by atoms with Gasteiger partial charge in [-0.1, -0.05) is 56.7 Å². The molecule has 0 fully saturated rings. The number of aromatic nitrogens is 4. The average Bonchev–Trinajstić information content (AvgIpc) is 3.25. The van der Waals surface area contributed by atoms with Crippen molar-refractivity contribution in [2.75, 3.05) is 11.4 Å². The van der Waals surface area contributed by atoms with E-state index in [0.29, 0.717) is 30.4 Å². The summed E-state index contributed by atoms with van der Waals surface area (Å²) in [5.41, 5.74) is 2.34. The SMILES string of the molecule is CCC(C(=O)NCCC(C)C)N(C(=O)Cn1nnc(-c2ccc(C)cc2)n1)c1cccc(O)c1. The molecule has 0 aliphatic heterocycles. The number of aromatic hydroxyl groups is 1. The fraction of sp³-hybridized carbons (Fsp3) is 0.400. The van der Waals surface area contributed by atoms with Crippen molar-refractivity contribution >= 4 is 17.5 Å². The van der Waals surface area contributed by atoms with Gasteiger partial charge in [-0.05, 0) is 43.0 Å². The zero-order valence-electron chi connectivity index (χ0n) is 20.1. The van der Waals surface area contributed by atoms with E-state index in [2.05, 4.69) is 34.6 Å². The van der Waals surface area contributed by atoms with Crippen LogP contribution >= 0.6 is 0 Å². The van der Waals surface area contributed by atoms with Crippen LogP contribution in [0.25, 0.3) is 11.4 Å². The molecule has 1 unspecified atom stereocenters. The van der Waals surface area contributed by atoms with Crippen LogP contribution in [0.15, 0.2) is 48.5 Å². The van der Waals surface area contributed by atoms with Crippen LogP contribution in [0.3, 0.4) is 0 Å². The number of tetrazole rings is 1. The Morgan fingerprint density at radius 3 is 2.53 bits per heavy atom. The lowest BCUT2D eigenvalue weighted by Gasteiger charge is -2.30. The maximum atomic E-state index is 13.4. The first-order valence-electron chi connectivity index (χ1n) is 11.5. The van der Waals surface area contributed by atoms with Crippen molar-refractivity contribution < 1.29 is 14.7 Å². The molecule has 1 aromatic heterocycles. The molecule has 1 atom stereocenters. The van der Waals surface area contributed by atoms with E-state index in [1.807, 2.05) is 38.1 Å². The standard InChI is InChI=1S/C25H32N6O3/c1-5-22(25(34)26-14-13-17(2)3)31(20-7-6-8-21(32)15-20)23(33)16-30-28-24(27-29-30)19-11-9-18(4)10-12-19/h6-12,15,17,22,32H,5,13-14,16H2,1-4H3,(H,26,34). The van der Waals surface area contributed by atoms with Crippen LogP contribution < -0.4 is 10.2 Å². The fourth-order valence-electron chi connectivity index (χ4n) is 3.55.